The van der Waals surface area contributed by atoms with E-state index in [9.17, 15) is 0 Å². The van der Waals surface area contributed by atoms with Crippen LogP contribution in [-0.4, -0.2) is 68.8 Å². The fraction of sp³-hybridized carbons (Fsp3) is 0.891. The van der Waals surface area contributed by atoms with Gasteiger partial charge in [-0.1, -0.05) is 168 Å². The maximum atomic E-state index is 6.10. The number of nitrogens with zero attached hydrogens (tertiary/aromatic N) is 1. The van der Waals surface area contributed by atoms with Crippen molar-refractivity contribution in [3.05, 3.63) is 24.3 Å². The zero-order valence-corrected chi connectivity index (χ0v) is 36.2. The van der Waals surface area contributed by atoms with Crippen LogP contribution in [0.1, 0.15) is 207 Å². The summed E-state index contributed by atoms with van der Waals surface area (Å²) in [5.74, 6) is 0. The van der Waals surface area contributed by atoms with E-state index < -0.39 is 0 Å². The summed E-state index contributed by atoms with van der Waals surface area (Å²) in [6.07, 6.45) is 46.6. The molecule has 0 bridgehead atoms. The molecule has 0 saturated heterocycles. The summed E-state index contributed by atoms with van der Waals surface area (Å²) in [6.45, 7) is 15.3. The van der Waals surface area contributed by atoms with Gasteiger partial charge in [0.05, 0.1) is 19.3 Å². The van der Waals surface area contributed by atoms with Crippen LogP contribution < -0.4 is 5.32 Å². The summed E-state index contributed by atoms with van der Waals surface area (Å²) < 4.78 is 18.0. The van der Waals surface area contributed by atoms with E-state index in [1.807, 2.05) is 0 Å². The molecular weight excluding hydrogens is 661 g/mol. The minimum absolute atomic E-state index is 0.0178. The molecule has 0 radical (unpaired) electrons. The smallest absolute Gasteiger partial charge is 0.257 e. The molecule has 0 amide bonds. The fourth-order valence-electron chi connectivity index (χ4n) is 6.50. The van der Waals surface area contributed by atoms with Crippen molar-refractivity contribution in [1.82, 2.24) is 10.2 Å². The molecule has 0 spiro atoms. The van der Waals surface area contributed by atoms with Crippen LogP contribution in [0.5, 0.6) is 0 Å². The van der Waals surface area contributed by atoms with Crippen LogP contribution in [-0.2, 0) is 14.2 Å². The van der Waals surface area contributed by atoms with Crippen LogP contribution in [0, 0.1) is 0 Å². The lowest BCUT2D eigenvalue weighted by Crippen LogP contribution is -2.42. The molecule has 6 heteroatoms. The lowest BCUT2D eigenvalue weighted by Gasteiger charge is -2.22. The van der Waals surface area contributed by atoms with Crippen molar-refractivity contribution in [3.63, 3.8) is 0 Å². The molecule has 5 nitrogen and oxygen atoms in total. The van der Waals surface area contributed by atoms with Gasteiger partial charge >= 0.3 is 0 Å². The minimum Gasteiger partial charge on any atom is -0.470 e. The van der Waals surface area contributed by atoms with Gasteiger partial charge in [-0.2, -0.15) is 0 Å². The van der Waals surface area contributed by atoms with E-state index in [1.165, 1.54) is 167 Å². The molecule has 0 aliphatic heterocycles. The standard InChI is InChI=1S/C46H90N2O3S/c1-5-9-11-13-15-17-19-21-23-25-27-29-31-33-35-37-40-49-43-45(47-46(52)51-42-39-48(7-3)8-4)44-50-41-38-36-34-32-30-28-26-24-22-20-18-16-14-12-10-6-2/h21-24,45H,5-20,25-44H2,1-4H3,(H,47,52)/b23-21-,24-22-. The van der Waals surface area contributed by atoms with Crippen molar-refractivity contribution in [1.29, 1.82) is 0 Å². The Balaban J connectivity index is 4.01. The predicted octanol–water partition coefficient (Wildman–Crippen LogP) is 13.7. The Kier molecular flexibility index (Phi) is 43.6. The molecule has 0 rings (SSSR count). The van der Waals surface area contributed by atoms with Gasteiger partial charge in [-0.15, -0.1) is 0 Å². The van der Waals surface area contributed by atoms with Gasteiger partial charge in [0, 0.05) is 19.8 Å². The molecule has 0 atom stereocenters. The number of allylic oxidation sites excluding steroid dienone is 4. The zero-order valence-electron chi connectivity index (χ0n) is 35.4. The Bertz CT molecular complexity index is 712. The quantitative estimate of drug-likeness (QED) is 0.0381. The molecule has 0 heterocycles. The lowest BCUT2D eigenvalue weighted by molar-refractivity contribution is 0.0563. The Morgan fingerprint density at radius 2 is 0.827 bits per heavy atom. The van der Waals surface area contributed by atoms with E-state index in [0.717, 1.165) is 45.7 Å². The Morgan fingerprint density at radius 3 is 1.19 bits per heavy atom. The highest BCUT2D eigenvalue weighted by Gasteiger charge is 2.12. The maximum Gasteiger partial charge on any atom is 0.257 e. The SMILES string of the molecule is CCCCCCCC/C=C\CCCCCCCCOCC(COCCCCCCCC/C=C\CCCCCCCC)NC(=S)OCCN(CC)CC. The highest BCUT2D eigenvalue weighted by atomic mass is 32.1. The average molecular weight is 751 g/mol. The van der Waals surface area contributed by atoms with Crippen molar-refractivity contribution in [3.8, 4) is 0 Å². The molecule has 0 aromatic heterocycles. The summed E-state index contributed by atoms with van der Waals surface area (Å²) >= 11 is 5.53. The normalized spacial score (nSPS) is 12.0. The second-order valence-corrected chi connectivity index (χ2v) is 15.4. The van der Waals surface area contributed by atoms with Gasteiger partial charge in [-0.3, -0.25) is 0 Å². The van der Waals surface area contributed by atoms with Crippen molar-refractivity contribution in [2.45, 2.75) is 214 Å². The molecular formula is C46H90N2O3S. The summed E-state index contributed by atoms with van der Waals surface area (Å²) in [4.78, 5) is 2.34. The number of rotatable bonds is 42. The number of likely N-dealkylation sites (N-methyl/N-ethyl adjacent to an activating group) is 1. The van der Waals surface area contributed by atoms with Gasteiger partial charge in [0.2, 0.25) is 0 Å². The van der Waals surface area contributed by atoms with E-state index in [2.05, 4.69) is 62.2 Å². The first kappa shape index (κ1) is 51.0. The van der Waals surface area contributed by atoms with Gasteiger partial charge < -0.3 is 24.4 Å². The van der Waals surface area contributed by atoms with E-state index in [0.29, 0.717) is 25.0 Å². The highest BCUT2D eigenvalue weighted by molar-refractivity contribution is 7.80. The maximum absolute atomic E-state index is 6.10. The molecule has 0 aromatic rings. The van der Waals surface area contributed by atoms with Crippen LogP contribution in [0.4, 0.5) is 0 Å². The second-order valence-electron chi connectivity index (χ2n) is 15.0. The van der Waals surface area contributed by atoms with Crippen molar-refractivity contribution < 1.29 is 14.2 Å². The molecule has 1 N–H and O–H groups in total. The van der Waals surface area contributed by atoms with Crippen LogP contribution in [0.15, 0.2) is 24.3 Å². The summed E-state index contributed by atoms with van der Waals surface area (Å²) in [7, 11) is 0. The summed E-state index contributed by atoms with van der Waals surface area (Å²) in [6, 6.07) is 0.0178. The van der Waals surface area contributed by atoms with Gasteiger partial charge in [-0.05, 0) is 89.5 Å². The van der Waals surface area contributed by atoms with E-state index in [-0.39, 0.29) is 6.04 Å². The van der Waals surface area contributed by atoms with Crippen LogP contribution >= 0.6 is 12.2 Å². The van der Waals surface area contributed by atoms with Gasteiger partial charge in [0.15, 0.2) is 0 Å². The third-order valence-electron chi connectivity index (χ3n) is 10.1. The number of nitrogens with one attached hydrogen (secondary N) is 1. The first-order chi connectivity index (χ1) is 25.7. The highest BCUT2D eigenvalue weighted by Crippen LogP contribution is 2.12. The number of hydrogen-bond donors (Lipinski definition) is 1. The van der Waals surface area contributed by atoms with Gasteiger partial charge in [0.25, 0.3) is 5.17 Å². The molecule has 0 aromatic carbocycles. The number of hydrogen-bond acceptors (Lipinski definition) is 5. The molecule has 0 saturated carbocycles. The van der Waals surface area contributed by atoms with E-state index in [1.54, 1.807) is 0 Å². The molecule has 0 aliphatic rings. The average Bonchev–Trinajstić information content (AvgIpc) is 3.15. The molecule has 52 heavy (non-hydrogen) atoms. The lowest BCUT2D eigenvalue weighted by atomic mass is 10.1. The first-order valence-electron chi connectivity index (χ1n) is 22.8. The topological polar surface area (TPSA) is 43.0 Å². The number of ether oxygens (including phenoxy) is 3. The van der Waals surface area contributed by atoms with Crippen LogP contribution in [0.25, 0.3) is 0 Å². The monoisotopic (exact) mass is 751 g/mol. The molecule has 0 aliphatic carbocycles. The largest absolute Gasteiger partial charge is 0.470 e. The summed E-state index contributed by atoms with van der Waals surface area (Å²) in [5, 5.41) is 3.83. The van der Waals surface area contributed by atoms with Crippen molar-refractivity contribution in [2.24, 2.45) is 0 Å². The fourth-order valence-corrected chi connectivity index (χ4v) is 6.75. The Labute approximate surface area is 331 Å². The van der Waals surface area contributed by atoms with E-state index >= 15 is 0 Å². The van der Waals surface area contributed by atoms with Gasteiger partial charge in [0.1, 0.15) is 6.61 Å². The number of unbranched alkanes of at least 4 members (excludes halogenated alkanes) is 24. The molecule has 0 fully saturated rings. The second kappa shape index (κ2) is 44.4. The van der Waals surface area contributed by atoms with Crippen LogP contribution in [0.3, 0.4) is 0 Å². The third-order valence-corrected chi connectivity index (χ3v) is 10.3. The van der Waals surface area contributed by atoms with Crippen molar-refractivity contribution >= 4 is 17.4 Å². The first-order valence-corrected chi connectivity index (χ1v) is 23.2. The predicted molar refractivity (Wildman–Crippen MR) is 234 cm³/mol. The molecule has 0 unspecified atom stereocenters. The van der Waals surface area contributed by atoms with Crippen molar-refractivity contribution in [2.75, 3.05) is 52.7 Å². The van der Waals surface area contributed by atoms with E-state index in [4.69, 9.17) is 26.4 Å². The number of thiocarbonyl (C=S) groups is 1. The Morgan fingerprint density at radius 1 is 0.481 bits per heavy atom. The molecule has 308 valence electrons. The Hall–Kier alpha value is -0.950. The minimum atomic E-state index is 0.0178. The summed E-state index contributed by atoms with van der Waals surface area (Å²) in [5.41, 5.74) is 0. The van der Waals surface area contributed by atoms with Gasteiger partial charge in [-0.25, -0.2) is 0 Å². The van der Waals surface area contributed by atoms with Crippen LogP contribution in [0.2, 0.25) is 0 Å². The third kappa shape index (κ3) is 40.2. The zero-order chi connectivity index (χ0) is 37.8.